The number of carbonyl (C=O) groups excluding carboxylic acids is 12. The van der Waals surface area contributed by atoms with Crippen LogP contribution in [-0.4, -0.2) is 157 Å². The molecule has 1 aliphatic heterocycles. The molecule has 7 aromatic carbocycles. The molecule has 14 aromatic rings. The Morgan fingerprint density at radius 1 is 0.435 bits per heavy atom. The number of aryl methyl sites for hydroxylation is 3. The SMILES string of the molecule is CC(=O)C(=O)C(Cc1ccccc1)NC(=O)c1cn(C)nc1C1CCOC1.Cn1cc(C(=O)NC(Cc2ccccc2)C(=O)C(N)=O)c(-c2ccc3ccncc3c2)n1.Cn1cc(C(=O)NC(Cc2ccccc2)C(=O)C(N)=O)c(-c2coc3ccccc23)n1.NC(=O)C(=O)C(Cc1ccccc1)NC(=O)c1cn(C(F)F)nc1-c1ccc2ccncc2c1. The average molecular weight is 1680 g/mol. The summed E-state index contributed by atoms with van der Waals surface area (Å²) in [6, 6.07) is 53.7. The number of carbonyl (C=O) groups is 12. The second kappa shape index (κ2) is 40.3. The van der Waals surface area contributed by atoms with Crippen molar-refractivity contribution >= 4 is 103 Å². The van der Waals surface area contributed by atoms with Crippen LogP contribution in [0.25, 0.3) is 66.3 Å². The normalized spacial score (nSPS) is 13.1. The summed E-state index contributed by atoms with van der Waals surface area (Å²) in [7, 11) is 5.15. The number of nitrogens with two attached hydrogens (primary N) is 3. The first-order valence-corrected chi connectivity index (χ1v) is 38.8. The molecule has 124 heavy (non-hydrogen) atoms. The highest BCUT2D eigenvalue weighted by Gasteiger charge is 2.35. The Kier molecular flexibility index (Phi) is 28.4. The molecule has 15 rings (SSSR count). The summed E-state index contributed by atoms with van der Waals surface area (Å²) in [5, 5.41) is 32.0. The van der Waals surface area contributed by atoms with Crippen LogP contribution in [0.3, 0.4) is 0 Å². The summed E-state index contributed by atoms with van der Waals surface area (Å²) in [4.78, 5) is 156. The molecular formula is C91H83F2N17O14. The zero-order chi connectivity index (χ0) is 88.3. The van der Waals surface area contributed by atoms with Crippen molar-refractivity contribution in [3.05, 3.63) is 300 Å². The van der Waals surface area contributed by atoms with E-state index < -0.39 is 101 Å². The van der Waals surface area contributed by atoms with Crippen LogP contribution in [0.2, 0.25) is 0 Å². The highest BCUT2D eigenvalue weighted by atomic mass is 19.3. The third kappa shape index (κ3) is 22.0. The van der Waals surface area contributed by atoms with Gasteiger partial charge in [0, 0.05) is 149 Å². The van der Waals surface area contributed by atoms with E-state index in [1.165, 1.54) is 16.3 Å². The standard InChI is InChI=1S/C24H19F2N5O3.C24H21N5O3.C23H20N4O4.C20H23N3O4/c25-24(26)31-13-18(20(30-31)16-7-6-15-8-9-28-12-17(15)11-16)23(34)29-19(21(32)22(27)33)10-14-4-2-1-3-5-14;1-29-14-19(21(28-29)17-8-7-16-9-10-26-13-18(16)12-17)24(32)27-20(22(30)23(25)31)11-15-5-3-2-4-6-15;1-27-12-16(20(26-27)17-13-31-19-10-6-5-9-15(17)19)23(30)25-18(21(28)22(24)29)11-14-7-3-2-4-8-14;1-13(24)19(25)17(10-14-6-4-3-5-7-14)21-20(26)16-11-23(2)22-18(16)15-8-9-27-12-15/h1-9,11-13,19,24H,10H2,(H2,27,33)(H,29,34);2-10,12-14,20H,11H2,1H3,(H2,25,31)(H,27,32);2-10,12-13,18H,11H2,1H3,(H2,24,29)(H,25,30);3-7,11,15,17H,8-10,12H2,1-2H3,(H,21,26). The Bertz CT molecular complexity index is 6300. The van der Waals surface area contributed by atoms with Crippen LogP contribution in [0.4, 0.5) is 8.78 Å². The molecule has 5 unspecified atom stereocenters. The number of fused-ring (bicyclic) bond motifs is 3. The molecule has 0 saturated carbocycles. The van der Waals surface area contributed by atoms with Crippen molar-refractivity contribution in [3.63, 3.8) is 0 Å². The fraction of sp³-hybridized carbons (Fsp3) is 0.187. The minimum absolute atomic E-state index is 0.00564. The van der Waals surface area contributed by atoms with Gasteiger partial charge in [-0.15, -0.1) is 0 Å². The van der Waals surface area contributed by atoms with Gasteiger partial charge < -0.3 is 47.6 Å². The summed E-state index contributed by atoms with van der Waals surface area (Å²) in [5.74, 6) is -9.57. The lowest BCUT2D eigenvalue weighted by atomic mass is 9.98. The zero-order valence-electron chi connectivity index (χ0n) is 67.3. The Balaban J connectivity index is 0.000000151. The second-order valence-corrected chi connectivity index (χ2v) is 28.9. The number of hydrogen-bond donors (Lipinski definition) is 7. The number of nitrogens with one attached hydrogen (secondary N) is 4. The molecule has 0 spiro atoms. The summed E-state index contributed by atoms with van der Waals surface area (Å²) in [5.41, 5.74) is 23.5. The predicted octanol–water partition coefficient (Wildman–Crippen LogP) is 8.57. The van der Waals surface area contributed by atoms with Gasteiger partial charge in [-0.2, -0.15) is 29.2 Å². The number of ether oxygens (including phenoxy) is 1. The molecule has 7 amide bonds. The number of halogens is 2. The minimum atomic E-state index is -2.99. The van der Waals surface area contributed by atoms with E-state index in [-0.39, 0.29) is 54.0 Å². The van der Waals surface area contributed by atoms with Crippen molar-refractivity contribution in [1.29, 1.82) is 0 Å². The molecule has 7 aromatic heterocycles. The van der Waals surface area contributed by atoms with Crippen molar-refractivity contribution < 1.29 is 75.5 Å². The number of Topliss-reactive ketones (excluding diaryl/α,β-unsaturated/α-hetero) is 5. The highest BCUT2D eigenvalue weighted by molar-refractivity contribution is 6.40. The molecular weight excluding hydrogens is 1590 g/mol. The van der Waals surface area contributed by atoms with Crippen molar-refractivity contribution in [3.8, 4) is 33.8 Å². The van der Waals surface area contributed by atoms with Gasteiger partial charge in [-0.25, -0.2) is 4.68 Å². The number of hydrogen-bond acceptors (Lipinski definition) is 20. The monoisotopic (exact) mass is 1680 g/mol. The fourth-order valence-corrected chi connectivity index (χ4v) is 13.9. The molecule has 0 aliphatic carbocycles. The van der Waals surface area contributed by atoms with E-state index in [1.807, 2.05) is 127 Å². The first kappa shape index (κ1) is 87.5. The number of pyridine rings is 2. The van der Waals surface area contributed by atoms with Crippen molar-refractivity contribution in [2.24, 2.45) is 38.3 Å². The van der Waals surface area contributed by atoms with Crippen molar-refractivity contribution in [2.75, 3.05) is 13.2 Å². The topological polar surface area (TPSA) is 450 Å². The van der Waals surface area contributed by atoms with Gasteiger partial charge in [0.05, 0.1) is 40.6 Å². The molecule has 0 radical (unpaired) electrons. The van der Waals surface area contributed by atoms with Gasteiger partial charge in [0.1, 0.15) is 47.1 Å². The number of nitrogens with zero attached hydrogens (tertiary/aromatic N) is 10. The summed E-state index contributed by atoms with van der Waals surface area (Å²) >= 11 is 0. The lowest BCUT2D eigenvalue weighted by Gasteiger charge is -2.17. The van der Waals surface area contributed by atoms with E-state index in [1.54, 1.807) is 142 Å². The maximum absolute atomic E-state index is 13.4. The number of ketones is 5. The number of benzene rings is 7. The van der Waals surface area contributed by atoms with Gasteiger partial charge in [-0.1, -0.05) is 164 Å². The summed E-state index contributed by atoms with van der Waals surface area (Å²) in [6.45, 7) is -0.605. The molecule has 5 atom stereocenters. The van der Waals surface area contributed by atoms with Crippen LogP contribution in [0.5, 0.6) is 0 Å². The second-order valence-electron chi connectivity index (χ2n) is 28.9. The number of amides is 7. The van der Waals surface area contributed by atoms with E-state index in [2.05, 4.69) is 51.6 Å². The molecule has 31 nitrogen and oxygen atoms in total. The maximum atomic E-state index is 13.4. The number of furan rings is 1. The Hall–Kier alpha value is -15.8. The fourth-order valence-electron chi connectivity index (χ4n) is 13.9. The van der Waals surface area contributed by atoms with Gasteiger partial charge in [-0.3, -0.25) is 81.5 Å². The number of primary amides is 3. The highest BCUT2D eigenvalue weighted by Crippen LogP contribution is 2.34. The number of alkyl halides is 2. The van der Waals surface area contributed by atoms with Gasteiger partial charge in [0.15, 0.2) is 5.78 Å². The Morgan fingerprint density at radius 2 is 0.815 bits per heavy atom. The van der Waals surface area contributed by atoms with Crippen LogP contribution in [0.15, 0.2) is 254 Å². The van der Waals surface area contributed by atoms with E-state index in [0.717, 1.165) is 61.8 Å². The largest absolute Gasteiger partial charge is 0.464 e. The van der Waals surface area contributed by atoms with Crippen LogP contribution in [0, 0.1) is 0 Å². The molecule has 33 heteroatoms. The first-order chi connectivity index (χ1) is 59.6. The van der Waals surface area contributed by atoms with Gasteiger partial charge in [0.2, 0.25) is 23.1 Å². The van der Waals surface area contributed by atoms with Crippen LogP contribution < -0.4 is 38.5 Å². The third-order valence-electron chi connectivity index (χ3n) is 20.0. The lowest BCUT2D eigenvalue weighted by Crippen LogP contribution is -2.47. The lowest BCUT2D eigenvalue weighted by molar-refractivity contribution is -0.137. The van der Waals surface area contributed by atoms with E-state index >= 15 is 0 Å². The van der Waals surface area contributed by atoms with E-state index in [0.29, 0.717) is 62.8 Å². The first-order valence-electron chi connectivity index (χ1n) is 38.8. The summed E-state index contributed by atoms with van der Waals surface area (Å²) in [6.07, 6.45) is 15.2. The van der Waals surface area contributed by atoms with Gasteiger partial charge >= 0.3 is 6.55 Å². The number of para-hydroxylation sites is 1. The average Bonchev–Trinajstić information content (AvgIpc) is 1.57. The number of aromatic nitrogens is 10. The molecule has 8 heterocycles. The molecule has 1 fully saturated rings. The molecule has 630 valence electrons. The van der Waals surface area contributed by atoms with Crippen molar-refractivity contribution in [2.45, 2.75) is 75.7 Å². The predicted molar refractivity (Wildman–Crippen MR) is 452 cm³/mol. The van der Waals surface area contributed by atoms with Gasteiger partial charge in [-0.05, 0) is 69.8 Å². The quantitative estimate of drug-likeness (QED) is 0.0216. The molecule has 1 saturated heterocycles. The van der Waals surface area contributed by atoms with Crippen LogP contribution >= 0.6 is 0 Å². The Labute approximate surface area is 706 Å². The van der Waals surface area contributed by atoms with Crippen LogP contribution in [0.1, 0.15) is 95.2 Å². The van der Waals surface area contributed by atoms with E-state index in [4.69, 9.17) is 26.4 Å². The van der Waals surface area contributed by atoms with Gasteiger partial charge in [0.25, 0.3) is 41.4 Å². The maximum Gasteiger partial charge on any atom is 0.333 e. The summed E-state index contributed by atoms with van der Waals surface area (Å²) < 4.78 is 42.8. The number of rotatable bonds is 29. The molecule has 0 bridgehead atoms. The molecule has 1 aliphatic rings. The third-order valence-corrected chi connectivity index (χ3v) is 20.0. The van der Waals surface area contributed by atoms with Crippen molar-refractivity contribution in [1.82, 2.24) is 70.4 Å². The molecule has 10 N–H and O–H groups in total. The van der Waals surface area contributed by atoms with Crippen LogP contribution in [-0.2, 0) is 89.9 Å². The Morgan fingerprint density at radius 3 is 1.23 bits per heavy atom. The zero-order valence-corrected chi connectivity index (χ0v) is 67.3. The minimum Gasteiger partial charge on any atom is -0.464 e. The van der Waals surface area contributed by atoms with E-state index in [9.17, 15) is 66.3 Å². The smallest absolute Gasteiger partial charge is 0.333 e.